The number of amides is 1. The summed E-state index contributed by atoms with van der Waals surface area (Å²) in [6.07, 6.45) is 1.60. The van der Waals surface area contributed by atoms with Crippen LogP contribution >= 0.6 is 46.1 Å². The van der Waals surface area contributed by atoms with Gasteiger partial charge >= 0.3 is 0 Å². The van der Waals surface area contributed by atoms with Gasteiger partial charge in [0.05, 0.1) is 15.1 Å². The molecule has 0 fully saturated rings. The van der Waals surface area contributed by atoms with Crippen molar-refractivity contribution >= 4 is 52.0 Å². The van der Waals surface area contributed by atoms with Crippen LogP contribution in [0.4, 0.5) is 0 Å². The van der Waals surface area contributed by atoms with E-state index in [-0.39, 0.29) is 10.0 Å². The Balaban J connectivity index is 2.58. The van der Waals surface area contributed by atoms with Crippen LogP contribution in [-0.2, 0) is 4.79 Å². The number of hydrogen-bond acceptors (Lipinski definition) is 3. The first-order valence-electron chi connectivity index (χ1n) is 4.84. The number of thiazole rings is 1. The van der Waals surface area contributed by atoms with Crippen LogP contribution in [-0.4, -0.2) is 10.9 Å². The lowest BCUT2D eigenvalue weighted by Crippen LogP contribution is -2.22. The molecule has 1 amide bonds. The second kappa shape index (κ2) is 5.45. The van der Waals surface area contributed by atoms with E-state index in [1.54, 1.807) is 23.7 Å². The number of hydrogen-bond donors (Lipinski definition) is 1. The van der Waals surface area contributed by atoms with Crippen LogP contribution in [0.1, 0.15) is 16.5 Å². The molecule has 3 nitrogen and oxygen atoms in total. The monoisotopic (exact) mass is 320 g/mol. The molecule has 0 aliphatic carbocycles. The topological polar surface area (TPSA) is 56.0 Å². The maximum absolute atomic E-state index is 11.6. The molecule has 2 aromatic rings. The zero-order valence-corrected chi connectivity index (χ0v) is 11.9. The fraction of sp³-hybridized carbons (Fsp3) is 0.0909. The van der Waals surface area contributed by atoms with Gasteiger partial charge in [0.15, 0.2) is 0 Å². The predicted octanol–water partition coefficient (Wildman–Crippen LogP) is 3.72. The second-order valence-electron chi connectivity index (χ2n) is 3.47. The quantitative estimate of drug-likeness (QED) is 0.876. The van der Waals surface area contributed by atoms with E-state index >= 15 is 0 Å². The summed E-state index contributed by atoms with van der Waals surface area (Å²) in [7, 11) is 0. The molecule has 18 heavy (non-hydrogen) atoms. The minimum Gasteiger partial charge on any atom is -0.369 e. The number of nitrogens with two attached hydrogens (primary N) is 1. The van der Waals surface area contributed by atoms with Gasteiger partial charge in [0.1, 0.15) is 10.9 Å². The van der Waals surface area contributed by atoms with Gasteiger partial charge < -0.3 is 5.73 Å². The van der Waals surface area contributed by atoms with Gasteiger partial charge in [-0.05, 0) is 11.6 Å². The molecule has 0 aliphatic heterocycles. The largest absolute Gasteiger partial charge is 0.369 e. The highest BCUT2D eigenvalue weighted by atomic mass is 35.5. The van der Waals surface area contributed by atoms with Gasteiger partial charge in [-0.15, -0.1) is 11.3 Å². The maximum atomic E-state index is 11.6. The zero-order chi connectivity index (χ0) is 13.3. The summed E-state index contributed by atoms with van der Waals surface area (Å²) in [6, 6.07) is 3.21. The molecule has 1 unspecified atom stereocenters. The summed E-state index contributed by atoms with van der Waals surface area (Å²) in [4.78, 5) is 15.7. The van der Waals surface area contributed by atoms with E-state index in [0.717, 1.165) is 0 Å². The van der Waals surface area contributed by atoms with Crippen LogP contribution in [0.5, 0.6) is 0 Å². The third-order valence-electron chi connectivity index (χ3n) is 2.36. The van der Waals surface area contributed by atoms with Gasteiger partial charge in [0.25, 0.3) is 0 Å². The Bertz CT molecular complexity index is 586. The number of halogens is 3. The van der Waals surface area contributed by atoms with E-state index < -0.39 is 11.8 Å². The minimum absolute atomic E-state index is 0.207. The SMILES string of the molecule is NC(=O)C(c1nccs1)c1ccc(Cl)c(Cl)c1Cl. The molecule has 0 radical (unpaired) electrons. The van der Waals surface area contributed by atoms with Crippen LogP contribution in [0.15, 0.2) is 23.7 Å². The standard InChI is InChI=1S/C11H7Cl3N2OS/c12-6-2-1-5(8(13)9(6)14)7(10(15)17)11-16-3-4-18-11/h1-4,7H,(H2,15,17). The van der Waals surface area contributed by atoms with Crippen molar-refractivity contribution in [1.29, 1.82) is 0 Å². The molecule has 0 saturated heterocycles. The van der Waals surface area contributed by atoms with Crippen molar-refractivity contribution in [3.8, 4) is 0 Å². The molecule has 0 spiro atoms. The van der Waals surface area contributed by atoms with E-state index in [1.165, 1.54) is 11.3 Å². The zero-order valence-electron chi connectivity index (χ0n) is 8.86. The predicted molar refractivity (Wildman–Crippen MR) is 74.6 cm³/mol. The lowest BCUT2D eigenvalue weighted by Gasteiger charge is -2.14. The molecule has 0 aliphatic rings. The van der Waals surface area contributed by atoms with Crippen molar-refractivity contribution < 1.29 is 4.79 Å². The van der Waals surface area contributed by atoms with Gasteiger partial charge in [-0.25, -0.2) is 4.98 Å². The number of rotatable bonds is 3. The Hall–Kier alpha value is -0.810. The van der Waals surface area contributed by atoms with Crippen LogP contribution in [0, 0.1) is 0 Å². The highest BCUT2D eigenvalue weighted by Gasteiger charge is 2.26. The Kier molecular flexibility index (Phi) is 4.12. The Labute approximate surface area is 122 Å². The van der Waals surface area contributed by atoms with Crippen LogP contribution in [0.2, 0.25) is 15.1 Å². The number of benzene rings is 1. The number of carbonyl (C=O) groups excluding carboxylic acids is 1. The molecule has 1 heterocycles. The Morgan fingerprint density at radius 3 is 2.56 bits per heavy atom. The van der Waals surface area contributed by atoms with Crippen molar-refractivity contribution in [2.45, 2.75) is 5.92 Å². The van der Waals surface area contributed by atoms with Gasteiger partial charge in [0, 0.05) is 11.6 Å². The van der Waals surface area contributed by atoms with Crippen LogP contribution in [0.3, 0.4) is 0 Å². The highest BCUT2D eigenvalue weighted by Crippen LogP contribution is 2.38. The van der Waals surface area contributed by atoms with E-state index in [0.29, 0.717) is 15.6 Å². The summed E-state index contributed by atoms with van der Waals surface area (Å²) >= 11 is 19.2. The summed E-state index contributed by atoms with van der Waals surface area (Å²) in [5, 5.41) is 3.09. The minimum atomic E-state index is -0.715. The maximum Gasteiger partial charge on any atom is 0.231 e. The smallest absolute Gasteiger partial charge is 0.231 e. The molecule has 1 aromatic heterocycles. The fourth-order valence-electron chi connectivity index (χ4n) is 1.55. The van der Waals surface area contributed by atoms with Crippen molar-refractivity contribution in [3.05, 3.63) is 49.3 Å². The fourth-order valence-corrected chi connectivity index (χ4v) is 2.96. The van der Waals surface area contributed by atoms with E-state index in [1.807, 2.05) is 0 Å². The average Bonchev–Trinajstić information content (AvgIpc) is 2.83. The normalized spacial score (nSPS) is 12.4. The summed E-state index contributed by atoms with van der Waals surface area (Å²) in [5.41, 5.74) is 5.92. The molecule has 2 N–H and O–H groups in total. The average molecular weight is 322 g/mol. The first-order chi connectivity index (χ1) is 8.52. The van der Waals surface area contributed by atoms with Crippen molar-refractivity contribution in [3.63, 3.8) is 0 Å². The lowest BCUT2D eigenvalue weighted by atomic mass is 9.99. The summed E-state index contributed by atoms with van der Waals surface area (Å²) in [5.74, 6) is -1.25. The molecule has 1 atom stereocenters. The third-order valence-corrected chi connectivity index (χ3v) is 4.51. The molecule has 0 saturated carbocycles. The first-order valence-corrected chi connectivity index (χ1v) is 6.85. The van der Waals surface area contributed by atoms with Gasteiger partial charge in [0.2, 0.25) is 5.91 Å². The van der Waals surface area contributed by atoms with E-state index in [4.69, 9.17) is 40.5 Å². The molecule has 94 valence electrons. The lowest BCUT2D eigenvalue weighted by molar-refractivity contribution is -0.118. The van der Waals surface area contributed by atoms with Gasteiger partial charge in [-0.2, -0.15) is 0 Å². The highest BCUT2D eigenvalue weighted by molar-refractivity contribution is 7.09. The number of aromatic nitrogens is 1. The molecule has 2 rings (SSSR count). The van der Waals surface area contributed by atoms with E-state index in [2.05, 4.69) is 4.98 Å². The molecule has 1 aromatic carbocycles. The van der Waals surface area contributed by atoms with E-state index in [9.17, 15) is 4.79 Å². The summed E-state index contributed by atoms with van der Waals surface area (Å²) in [6.45, 7) is 0. The van der Waals surface area contributed by atoms with Crippen molar-refractivity contribution in [1.82, 2.24) is 4.98 Å². The summed E-state index contributed by atoms with van der Waals surface area (Å²) < 4.78 is 0. The van der Waals surface area contributed by atoms with Crippen LogP contribution in [0.25, 0.3) is 0 Å². The van der Waals surface area contributed by atoms with Crippen molar-refractivity contribution in [2.24, 2.45) is 5.73 Å². The first kappa shape index (κ1) is 13.6. The van der Waals surface area contributed by atoms with Gasteiger partial charge in [-0.1, -0.05) is 40.9 Å². The molecule has 0 bridgehead atoms. The Morgan fingerprint density at radius 1 is 1.28 bits per heavy atom. The molecule has 7 heteroatoms. The van der Waals surface area contributed by atoms with Crippen LogP contribution < -0.4 is 5.73 Å². The van der Waals surface area contributed by atoms with Gasteiger partial charge in [-0.3, -0.25) is 4.79 Å². The Morgan fingerprint density at radius 2 is 2.00 bits per heavy atom. The van der Waals surface area contributed by atoms with Crippen molar-refractivity contribution in [2.75, 3.05) is 0 Å². The molecular formula is C11H7Cl3N2OS. The second-order valence-corrected chi connectivity index (χ2v) is 5.56. The number of nitrogens with zero attached hydrogens (tertiary/aromatic N) is 1. The third kappa shape index (κ3) is 2.47. The number of carbonyl (C=O) groups is 1. The molecular weight excluding hydrogens is 315 g/mol. The number of primary amides is 1.